The first-order valence-corrected chi connectivity index (χ1v) is 6.83. The number of likely N-dealkylation sites (tertiary alicyclic amines) is 1. The van der Waals surface area contributed by atoms with Crippen LogP contribution < -0.4 is 0 Å². The maximum absolute atomic E-state index is 13.0. The van der Waals surface area contributed by atoms with E-state index in [9.17, 15) is 9.18 Å². The summed E-state index contributed by atoms with van der Waals surface area (Å²) in [5.74, 6) is -0.0291. The van der Waals surface area contributed by atoms with Crippen LogP contribution in [-0.4, -0.2) is 30.0 Å². The number of carbonyl (C=O) groups excluding carboxylic acids is 1. The first kappa shape index (κ1) is 14.0. The maximum atomic E-state index is 13.0. The fourth-order valence-electron chi connectivity index (χ4n) is 2.07. The lowest BCUT2D eigenvalue weighted by molar-refractivity contribution is -0.146. The second kappa shape index (κ2) is 6.66. The Bertz CT molecular complexity index is 430. The number of nitrogens with zero attached hydrogens (tertiary/aromatic N) is 1. The average molecular weight is 265 g/mol. The number of ether oxygens (including phenoxy) is 1. The zero-order valence-electron chi connectivity index (χ0n) is 11.3. The Balaban J connectivity index is 1.66. The van der Waals surface area contributed by atoms with Crippen LogP contribution in [0.2, 0.25) is 0 Å². The largest absolute Gasteiger partial charge is 0.370 e. The van der Waals surface area contributed by atoms with Gasteiger partial charge in [0.15, 0.2) is 0 Å². The summed E-state index contributed by atoms with van der Waals surface area (Å²) in [4.78, 5) is 13.5. The second-order valence-electron chi connectivity index (χ2n) is 4.97. The van der Waals surface area contributed by atoms with Gasteiger partial charge in [0.25, 0.3) is 0 Å². The summed E-state index contributed by atoms with van der Waals surface area (Å²) in [6, 6.07) is 6.41. The Hall–Kier alpha value is -1.42. The molecule has 0 atom stereocenters. The lowest BCUT2D eigenvalue weighted by Crippen LogP contribution is -2.54. The van der Waals surface area contributed by atoms with Gasteiger partial charge in [-0.1, -0.05) is 25.5 Å². The molecule has 1 saturated heterocycles. The molecule has 1 aliphatic heterocycles. The molecule has 1 aromatic rings. The van der Waals surface area contributed by atoms with Crippen LogP contribution in [0.15, 0.2) is 24.3 Å². The number of halogens is 1. The highest BCUT2D eigenvalue weighted by Crippen LogP contribution is 2.16. The predicted octanol–water partition coefficient (Wildman–Crippen LogP) is 2.74. The molecule has 1 heterocycles. The van der Waals surface area contributed by atoms with E-state index in [0.717, 1.165) is 18.4 Å². The molecule has 1 amide bonds. The lowest BCUT2D eigenvalue weighted by atomic mass is 10.1. The minimum absolute atomic E-state index is 0.0915. The van der Waals surface area contributed by atoms with Gasteiger partial charge >= 0.3 is 0 Å². The summed E-state index contributed by atoms with van der Waals surface area (Å²) in [5.41, 5.74) is 0.829. The molecule has 1 aromatic carbocycles. The van der Waals surface area contributed by atoms with Crippen molar-refractivity contribution in [2.45, 2.75) is 38.9 Å². The number of benzene rings is 1. The molecule has 104 valence electrons. The van der Waals surface area contributed by atoms with E-state index in [2.05, 4.69) is 6.92 Å². The van der Waals surface area contributed by atoms with Gasteiger partial charge in [0.2, 0.25) is 5.91 Å². The fourth-order valence-corrected chi connectivity index (χ4v) is 2.07. The van der Waals surface area contributed by atoms with E-state index in [0.29, 0.717) is 26.1 Å². The second-order valence-corrected chi connectivity index (χ2v) is 4.97. The van der Waals surface area contributed by atoms with E-state index >= 15 is 0 Å². The van der Waals surface area contributed by atoms with Crippen LogP contribution in [-0.2, 0) is 16.1 Å². The van der Waals surface area contributed by atoms with Crippen molar-refractivity contribution in [3.63, 3.8) is 0 Å². The van der Waals surface area contributed by atoms with Crippen LogP contribution in [0.4, 0.5) is 4.39 Å². The molecule has 4 heteroatoms. The molecule has 1 aliphatic rings. The molecule has 0 bridgehead atoms. The Labute approximate surface area is 113 Å². The summed E-state index contributed by atoms with van der Waals surface area (Å²) in [6.07, 6.45) is 2.71. The number of unbranched alkanes of at least 4 members (excludes halogenated alkanes) is 1. The molecule has 3 nitrogen and oxygen atoms in total. The van der Waals surface area contributed by atoms with Gasteiger partial charge < -0.3 is 9.64 Å². The zero-order valence-corrected chi connectivity index (χ0v) is 11.3. The summed E-state index contributed by atoms with van der Waals surface area (Å²) >= 11 is 0. The van der Waals surface area contributed by atoms with E-state index < -0.39 is 0 Å². The lowest BCUT2D eigenvalue weighted by Gasteiger charge is -2.39. The topological polar surface area (TPSA) is 29.5 Å². The molecule has 2 rings (SSSR count). The molecule has 0 saturated carbocycles. The minimum atomic E-state index is -0.244. The van der Waals surface area contributed by atoms with Crippen molar-refractivity contribution in [2.75, 3.05) is 13.1 Å². The maximum Gasteiger partial charge on any atom is 0.222 e. The number of rotatable bonds is 6. The summed E-state index contributed by atoms with van der Waals surface area (Å²) in [5, 5.41) is 0. The van der Waals surface area contributed by atoms with Crippen LogP contribution in [0, 0.1) is 5.82 Å². The van der Waals surface area contributed by atoms with Gasteiger partial charge in [-0.3, -0.25) is 4.79 Å². The Kier molecular flexibility index (Phi) is 4.91. The number of carbonyl (C=O) groups is 1. The average Bonchev–Trinajstić information content (AvgIpc) is 2.34. The van der Waals surface area contributed by atoms with Crippen LogP contribution in [0.25, 0.3) is 0 Å². The van der Waals surface area contributed by atoms with Crippen molar-refractivity contribution in [3.8, 4) is 0 Å². The minimum Gasteiger partial charge on any atom is -0.370 e. The normalized spacial score (nSPS) is 15.4. The van der Waals surface area contributed by atoms with Crippen LogP contribution in [0.1, 0.15) is 31.7 Å². The standard InChI is InChI=1S/C15H20FNO2/c1-2-3-7-15(18)17-9-14(10-17)19-11-12-5-4-6-13(16)8-12/h4-6,8,14H,2-3,7,9-11H2,1H3. The Morgan fingerprint density at radius 1 is 1.47 bits per heavy atom. The first-order chi connectivity index (χ1) is 9.19. The Morgan fingerprint density at radius 2 is 2.26 bits per heavy atom. The summed E-state index contributed by atoms with van der Waals surface area (Å²) in [7, 11) is 0. The third-order valence-corrected chi connectivity index (χ3v) is 3.32. The molecule has 0 N–H and O–H groups in total. The van der Waals surface area contributed by atoms with Crippen molar-refractivity contribution in [3.05, 3.63) is 35.6 Å². The van der Waals surface area contributed by atoms with Crippen molar-refractivity contribution in [1.82, 2.24) is 4.90 Å². The fraction of sp³-hybridized carbons (Fsp3) is 0.533. The highest BCUT2D eigenvalue weighted by Gasteiger charge is 2.30. The SMILES string of the molecule is CCCCC(=O)N1CC(OCc2cccc(F)c2)C1. The van der Waals surface area contributed by atoms with Crippen LogP contribution in [0.3, 0.4) is 0 Å². The molecule has 0 aliphatic carbocycles. The summed E-state index contributed by atoms with van der Waals surface area (Å²) < 4.78 is 18.6. The zero-order chi connectivity index (χ0) is 13.7. The number of hydrogen-bond donors (Lipinski definition) is 0. The van der Waals surface area contributed by atoms with Crippen molar-refractivity contribution < 1.29 is 13.9 Å². The molecular formula is C15H20FNO2. The van der Waals surface area contributed by atoms with Crippen LogP contribution >= 0.6 is 0 Å². The van der Waals surface area contributed by atoms with Crippen molar-refractivity contribution in [1.29, 1.82) is 0 Å². The van der Waals surface area contributed by atoms with E-state index in [-0.39, 0.29) is 17.8 Å². The number of amides is 1. The van der Waals surface area contributed by atoms with Gasteiger partial charge in [-0.25, -0.2) is 4.39 Å². The third-order valence-electron chi connectivity index (χ3n) is 3.32. The van der Waals surface area contributed by atoms with Crippen LogP contribution in [0.5, 0.6) is 0 Å². The van der Waals surface area contributed by atoms with Gasteiger partial charge in [0.05, 0.1) is 12.7 Å². The van der Waals surface area contributed by atoms with E-state index in [4.69, 9.17) is 4.74 Å². The van der Waals surface area contributed by atoms with Crippen molar-refractivity contribution >= 4 is 5.91 Å². The van der Waals surface area contributed by atoms with E-state index in [1.54, 1.807) is 6.07 Å². The van der Waals surface area contributed by atoms with Gasteiger partial charge in [-0.05, 0) is 24.1 Å². The molecule has 0 unspecified atom stereocenters. The molecule has 0 aromatic heterocycles. The van der Waals surface area contributed by atoms with Crippen molar-refractivity contribution in [2.24, 2.45) is 0 Å². The summed E-state index contributed by atoms with van der Waals surface area (Å²) in [6.45, 7) is 3.81. The van der Waals surface area contributed by atoms with Gasteiger partial charge in [-0.15, -0.1) is 0 Å². The molecular weight excluding hydrogens is 245 g/mol. The monoisotopic (exact) mass is 265 g/mol. The molecule has 19 heavy (non-hydrogen) atoms. The quantitative estimate of drug-likeness (QED) is 0.791. The highest BCUT2D eigenvalue weighted by atomic mass is 19.1. The predicted molar refractivity (Wildman–Crippen MR) is 71.1 cm³/mol. The first-order valence-electron chi connectivity index (χ1n) is 6.83. The smallest absolute Gasteiger partial charge is 0.222 e. The molecule has 0 radical (unpaired) electrons. The number of hydrogen-bond acceptors (Lipinski definition) is 2. The van der Waals surface area contributed by atoms with E-state index in [1.807, 2.05) is 11.0 Å². The third kappa shape index (κ3) is 4.03. The van der Waals surface area contributed by atoms with E-state index in [1.165, 1.54) is 12.1 Å². The molecule has 0 spiro atoms. The molecule has 1 fully saturated rings. The Morgan fingerprint density at radius 3 is 2.95 bits per heavy atom. The van der Waals surface area contributed by atoms with Gasteiger partial charge in [0.1, 0.15) is 5.82 Å². The van der Waals surface area contributed by atoms with Gasteiger partial charge in [-0.2, -0.15) is 0 Å². The highest BCUT2D eigenvalue weighted by molar-refractivity contribution is 5.77. The van der Waals surface area contributed by atoms with Gasteiger partial charge in [0, 0.05) is 19.5 Å².